The van der Waals surface area contributed by atoms with Gasteiger partial charge in [-0.15, -0.1) is 0 Å². The van der Waals surface area contributed by atoms with Crippen LogP contribution in [-0.4, -0.2) is 18.7 Å². The van der Waals surface area contributed by atoms with E-state index in [4.69, 9.17) is 9.47 Å². The van der Waals surface area contributed by atoms with Crippen LogP contribution in [-0.2, 0) is 4.74 Å². The van der Waals surface area contributed by atoms with Gasteiger partial charge in [-0.2, -0.15) is 5.26 Å². The minimum Gasteiger partial charge on any atom is -0.494 e. The quantitative estimate of drug-likeness (QED) is 0.324. The molecule has 0 spiro atoms. The van der Waals surface area contributed by atoms with Crippen molar-refractivity contribution >= 4 is 5.97 Å². The molecule has 1 aromatic carbocycles. The molecule has 0 bridgehead atoms. The first-order valence-electron chi connectivity index (χ1n) is 11.0. The van der Waals surface area contributed by atoms with Crippen LogP contribution < -0.4 is 4.74 Å². The Kier molecular flexibility index (Phi) is 9.34. The number of carbonyl (C=O) groups is 1. The van der Waals surface area contributed by atoms with Crippen molar-refractivity contribution in [1.29, 1.82) is 5.26 Å². The maximum atomic E-state index is 12.4. The Hall–Kier alpha value is -2.02. The van der Waals surface area contributed by atoms with Gasteiger partial charge in [0, 0.05) is 0 Å². The van der Waals surface area contributed by atoms with Crippen molar-refractivity contribution in [1.82, 2.24) is 0 Å². The first kappa shape index (κ1) is 22.3. The number of carbonyl (C=O) groups excluding carboxylic acids is 1. The van der Waals surface area contributed by atoms with Crippen LogP contribution in [0.5, 0.6) is 5.75 Å². The van der Waals surface area contributed by atoms with E-state index in [-0.39, 0.29) is 17.5 Å². The highest BCUT2D eigenvalue weighted by atomic mass is 16.5. The maximum absolute atomic E-state index is 12.4. The van der Waals surface area contributed by atoms with Crippen LogP contribution in [0.4, 0.5) is 0 Å². The summed E-state index contributed by atoms with van der Waals surface area (Å²) in [4.78, 5) is 12.4. The highest BCUT2D eigenvalue weighted by Crippen LogP contribution is 2.41. The molecule has 2 rings (SSSR count). The molecule has 0 atom stereocenters. The molecule has 0 saturated heterocycles. The van der Waals surface area contributed by atoms with Crippen LogP contribution in [0.2, 0.25) is 0 Å². The third-order valence-corrected chi connectivity index (χ3v) is 5.72. The molecule has 1 aliphatic rings. The molecule has 1 saturated carbocycles. The second-order valence-electron chi connectivity index (χ2n) is 8.03. The predicted octanol–water partition coefficient (Wildman–Crippen LogP) is 6.45. The van der Waals surface area contributed by atoms with Gasteiger partial charge in [0.1, 0.15) is 11.9 Å². The summed E-state index contributed by atoms with van der Waals surface area (Å²) in [6, 6.07) is 9.72. The second-order valence-corrected chi connectivity index (χ2v) is 8.03. The van der Waals surface area contributed by atoms with Gasteiger partial charge >= 0.3 is 5.97 Å². The normalized spacial score (nSPS) is 21.7. The standard InChI is InChI=1S/C24H35NO3/c1-3-5-6-7-8-15-24(19-25)16-13-22(14-17-24)28-23(26)20-9-11-21(12-10-20)27-18-4-2/h9-12,22H,3-8,13-18H2,1-2H3/t22-,24+. The SMILES string of the molecule is CCCCCCC[C@]1(C#N)CC[C@@H](OC(=O)c2ccc(OCCC)cc2)CC1. The average molecular weight is 386 g/mol. The fourth-order valence-corrected chi connectivity index (χ4v) is 3.87. The lowest BCUT2D eigenvalue weighted by Gasteiger charge is -2.34. The summed E-state index contributed by atoms with van der Waals surface area (Å²) in [5.41, 5.74) is 0.338. The summed E-state index contributed by atoms with van der Waals surface area (Å²) in [6.45, 7) is 4.95. The molecule has 28 heavy (non-hydrogen) atoms. The monoisotopic (exact) mass is 385 g/mol. The third-order valence-electron chi connectivity index (χ3n) is 5.72. The van der Waals surface area contributed by atoms with Crippen LogP contribution in [0.25, 0.3) is 0 Å². The zero-order valence-corrected chi connectivity index (χ0v) is 17.5. The number of nitriles is 1. The van der Waals surface area contributed by atoms with Crippen molar-refractivity contribution in [2.24, 2.45) is 5.41 Å². The van der Waals surface area contributed by atoms with Crippen LogP contribution in [0.3, 0.4) is 0 Å². The summed E-state index contributed by atoms with van der Waals surface area (Å²) in [6.07, 6.45) is 11.2. The topological polar surface area (TPSA) is 59.3 Å². The van der Waals surface area contributed by atoms with E-state index in [1.54, 1.807) is 12.1 Å². The fourth-order valence-electron chi connectivity index (χ4n) is 3.87. The maximum Gasteiger partial charge on any atom is 0.338 e. The van der Waals surface area contributed by atoms with Crippen molar-refractivity contribution in [3.63, 3.8) is 0 Å². The number of unbranched alkanes of at least 4 members (excludes halogenated alkanes) is 4. The Morgan fingerprint density at radius 2 is 1.75 bits per heavy atom. The first-order chi connectivity index (χ1) is 13.6. The molecule has 0 heterocycles. The zero-order chi connectivity index (χ0) is 20.2. The minimum absolute atomic E-state index is 0.0786. The van der Waals surface area contributed by atoms with Crippen LogP contribution in [0.1, 0.15) is 94.8 Å². The van der Waals surface area contributed by atoms with E-state index in [0.717, 1.165) is 50.7 Å². The molecule has 4 nitrogen and oxygen atoms in total. The van der Waals surface area contributed by atoms with Gasteiger partial charge in [-0.1, -0.05) is 46.0 Å². The van der Waals surface area contributed by atoms with Crippen LogP contribution in [0, 0.1) is 16.7 Å². The molecule has 1 aliphatic carbocycles. The van der Waals surface area contributed by atoms with E-state index in [2.05, 4.69) is 19.9 Å². The van der Waals surface area contributed by atoms with Gasteiger partial charge in [-0.25, -0.2) is 4.79 Å². The Morgan fingerprint density at radius 1 is 1.07 bits per heavy atom. The summed E-state index contributed by atoms with van der Waals surface area (Å²) in [5, 5.41) is 9.71. The Balaban J connectivity index is 1.77. The lowest BCUT2D eigenvalue weighted by molar-refractivity contribution is 0.0105. The van der Waals surface area contributed by atoms with E-state index >= 15 is 0 Å². The largest absolute Gasteiger partial charge is 0.494 e. The highest BCUT2D eigenvalue weighted by molar-refractivity contribution is 5.89. The lowest BCUT2D eigenvalue weighted by Crippen LogP contribution is -2.31. The van der Waals surface area contributed by atoms with Crippen LogP contribution in [0.15, 0.2) is 24.3 Å². The van der Waals surface area contributed by atoms with Crippen molar-refractivity contribution in [2.45, 2.75) is 90.6 Å². The number of rotatable bonds is 11. The average Bonchev–Trinajstić information content (AvgIpc) is 2.74. The molecular formula is C24H35NO3. The van der Waals surface area contributed by atoms with Gasteiger partial charge in [-0.3, -0.25) is 0 Å². The lowest BCUT2D eigenvalue weighted by atomic mass is 9.71. The van der Waals surface area contributed by atoms with E-state index < -0.39 is 0 Å². The minimum atomic E-state index is -0.281. The molecule has 0 amide bonds. The van der Waals surface area contributed by atoms with Gasteiger partial charge in [-0.05, 0) is 62.8 Å². The van der Waals surface area contributed by atoms with Crippen molar-refractivity contribution in [3.8, 4) is 11.8 Å². The molecule has 4 heteroatoms. The number of esters is 1. The Morgan fingerprint density at radius 3 is 2.36 bits per heavy atom. The molecule has 0 aromatic heterocycles. The van der Waals surface area contributed by atoms with Gasteiger partial charge in [0.25, 0.3) is 0 Å². The second kappa shape index (κ2) is 11.7. The van der Waals surface area contributed by atoms with Gasteiger partial charge in [0.2, 0.25) is 0 Å². The number of benzene rings is 1. The Bertz CT molecular complexity index is 624. The molecule has 0 unspecified atom stereocenters. The number of ether oxygens (including phenoxy) is 2. The molecule has 1 aromatic rings. The smallest absolute Gasteiger partial charge is 0.338 e. The van der Waals surface area contributed by atoms with E-state index in [9.17, 15) is 10.1 Å². The molecular weight excluding hydrogens is 350 g/mol. The first-order valence-corrected chi connectivity index (χ1v) is 11.0. The Labute approximate surface area is 170 Å². The summed E-state index contributed by atoms with van der Waals surface area (Å²) in [5.74, 6) is 0.491. The molecule has 0 radical (unpaired) electrons. The van der Waals surface area contributed by atoms with Gasteiger partial charge < -0.3 is 9.47 Å². The van der Waals surface area contributed by atoms with E-state index in [1.165, 1.54) is 25.7 Å². The van der Waals surface area contributed by atoms with E-state index in [0.29, 0.717) is 12.2 Å². The van der Waals surface area contributed by atoms with Gasteiger partial charge in [0.05, 0.1) is 23.7 Å². The van der Waals surface area contributed by atoms with Crippen molar-refractivity contribution in [3.05, 3.63) is 29.8 Å². The third kappa shape index (κ3) is 6.86. The van der Waals surface area contributed by atoms with Crippen molar-refractivity contribution in [2.75, 3.05) is 6.61 Å². The summed E-state index contributed by atoms with van der Waals surface area (Å²) >= 11 is 0. The number of hydrogen-bond acceptors (Lipinski definition) is 4. The van der Waals surface area contributed by atoms with Crippen LogP contribution >= 0.6 is 0 Å². The molecule has 154 valence electrons. The van der Waals surface area contributed by atoms with E-state index in [1.807, 2.05) is 12.1 Å². The predicted molar refractivity (Wildman–Crippen MR) is 111 cm³/mol. The molecule has 1 fully saturated rings. The summed E-state index contributed by atoms with van der Waals surface area (Å²) in [7, 11) is 0. The zero-order valence-electron chi connectivity index (χ0n) is 17.5. The van der Waals surface area contributed by atoms with Gasteiger partial charge in [0.15, 0.2) is 0 Å². The fraction of sp³-hybridized carbons (Fsp3) is 0.667. The van der Waals surface area contributed by atoms with Crippen molar-refractivity contribution < 1.29 is 14.3 Å². The number of hydrogen-bond donors (Lipinski definition) is 0. The molecule has 0 N–H and O–H groups in total. The number of nitrogens with zero attached hydrogens (tertiary/aromatic N) is 1. The highest BCUT2D eigenvalue weighted by Gasteiger charge is 2.36. The summed E-state index contributed by atoms with van der Waals surface area (Å²) < 4.78 is 11.3. The molecule has 0 aliphatic heterocycles.